The van der Waals surface area contributed by atoms with Crippen molar-refractivity contribution in [3.05, 3.63) is 276 Å². The lowest BCUT2D eigenvalue weighted by Crippen LogP contribution is -2.29. The van der Waals surface area contributed by atoms with Crippen LogP contribution in [0.2, 0.25) is 0 Å². The highest BCUT2D eigenvalue weighted by molar-refractivity contribution is 6.11. The average molecular weight is 836 g/mol. The molecule has 0 saturated heterocycles. The van der Waals surface area contributed by atoms with E-state index in [0.717, 1.165) is 84.1 Å². The predicted molar refractivity (Wildman–Crippen MR) is 273 cm³/mol. The molecule has 3 nitrogen and oxygen atoms in total. The van der Waals surface area contributed by atoms with E-state index in [4.69, 9.17) is 5.73 Å². The summed E-state index contributed by atoms with van der Waals surface area (Å²) in [5, 5.41) is 4.16. The lowest BCUT2D eigenvalue weighted by atomic mass is 9.82. The second kappa shape index (κ2) is 16.6. The van der Waals surface area contributed by atoms with E-state index < -0.39 is 6.04 Å². The second-order valence-corrected chi connectivity index (χ2v) is 17.5. The van der Waals surface area contributed by atoms with E-state index in [9.17, 15) is 0 Å². The van der Waals surface area contributed by atoms with E-state index in [1.807, 2.05) is 6.07 Å². The first-order chi connectivity index (χ1) is 31.9. The molecular weight excluding hydrogens is 787 g/mol. The monoisotopic (exact) mass is 835 g/mol. The van der Waals surface area contributed by atoms with Crippen LogP contribution in [0.3, 0.4) is 0 Å². The number of rotatable bonds is 9. The number of nitrogens with zero attached hydrogens (tertiary/aromatic N) is 1. The smallest absolute Gasteiger partial charge is 0.0782 e. The zero-order valence-electron chi connectivity index (χ0n) is 36.6. The van der Waals surface area contributed by atoms with Gasteiger partial charge in [0, 0.05) is 39.1 Å². The van der Waals surface area contributed by atoms with E-state index in [2.05, 4.69) is 255 Å². The van der Waals surface area contributed by atoms with Crippen LogP contribution >= 0.6 is 0 Å². The Morgan fingerprint density at radius 1 is 0.431 bits per heavy atom. The van der Waals surface area contributed by atoms with Crippen molar-refractivity contribution in [2.24, 2.45) is 5.73 Å². The van der Waals surface area contributed by atoms with Crippen LogP contribution in [0.5, 0.6) is 0 Å². The zero-order valence-corrected chi connectivity index (χ0v) is 36.6. The molecule has 9 aromatic rings. The van der Waals surface area contributed by atoms with Crippen LogP contribution in [0, 0.1) is 0 Å². The molecule has 3 N–H and O–H groups in total. The Kier molecular flexibility index (Phi) is 10.2. The molecular formula is C62H49N3. The molecule has 2 aliphatic rings. The third-order valence-electron chi connectivity index (χ3n) is 13.3. The highest BCUT2D eigenvalue weighted by Crippen LogP contribution is 2.53. The first-order valence-corrected chi connectivity index (χ1v) is 22.5. The first-order valence-electron chi connectivity index (χ1n) is 22.5. The van der Waals surface area contributed by atoms with Crippen LogP contribution in [0.1, 0.15) is 58.8 Å². The molecule has 11 rings (SSSR count). The summed E-state index contributed by atoms with van der Waals surface area (Å²) < 4.78 is 0. The summed E-state index contributed by atoms with van der Waals surface area (Å²) in [4.78, 5) is 2.50. The highest BCUT2D eigenvalue weighted by Gasteiger charge is 2.37. The number of nitrogens with two attached hydrogens (primary N) is 1. The van der Waals surface area contributed by atoms with Crippen LogP contribution < -0.4 is 16.0 Å². The highest BCUT2D eigenvalue weighted by atomic mass is 15.2. The number of benzene rings is 9. The average Bonchev–Trinajstić information content (AvgIpc) is 3.60. The van der Waals surface area contributed by atoms with Crippen molar-refractivity contribution in [3.8, 4) is 33.4 Å². The van der Waals surface area contributed by atoms with E-state index in [0.29, 0.717) is 0 Å². The quantitative estimate of drug-likeness (QED) is 0.152. The molecule has 1 unspecified atom stereocenters. The van der Waals surface area contributed by atoms with Gasteiger partial charge in [0.15, 0.2) is 0 Å². The Labute approximate surface area is 382 Å². The van der Waals surface area contributed by atoms with Crippen molar-refractivity contribution in [2.45, 2.75) is 25.3 Å². The molecule has 0 radical (unpaired) electrons. The zero-order chi connectivity index (χ0) is 43.9. The van der Waals surface area contributed by atoms with Gasteiger partial charge < -0.3 is 16.0 Å². The molecule has 1 atom stereocenters. The minimum atomic E-state index is -0.416. The summed E-state index contributed by atoms with van der Waals surface area (Å²) in [5.74, 6) is 0. The summed E-state index contributed by atoms with van der Waals surface area (Å²) in [6.45, 7) is 4.72. The van der Waals surface area contributed by atoms with Gasteiger partial charge >= 0.3 is 0 Å². The van der Waals surface area contributed by atoms with Crippen molar-refractivity contribution in [1.82, 2.24) is 5.32 Å². The molecule has 1 aliphatic carbocycles. The number of fused-ring (bicyclic) bond motifs is 4. The SMILES string of the molecule is CC1(C)c2ccccc2-c2ccc(N(C3=C(c4ccccc4)N/C(=C(/c4ccccc4)C(N)c4ccccc4)c4ccccc43)c3cc(-c4ccccc4)cc(-c4ccccc4)c3)cc21. The van der Waals surface area contributed by atoms with Crippen LogP contribution in [-0.2, 0) is 5.41 Å². The van der Waals surface area contributed by atoms with E-state index in [1.54, 1.807) is 0 Å². The van der Waals surface area contributed by atoms with Crippen LogP contribution in [0.15, 0.2) is 237 Å². The molecule has 312 valence electrons. The van der Waals surface area contributed by atoms with Crippen molar-refractivity contribution >= 4 is 34.0 Å². The second-order valence-electron chi connectivity index (χ2n) is 17.5. The Balaban J connectivity index is 1.24. The molecule has 65 heavy (non-hydrogen) atoms. The third kappa shape index (κ3) is 7.17. The summed E-state index contributed by atoms with van der Waals surface area (Å²) in [6.07, 6.45) is 0. The fourth-order valence-corrected chi connectivity index (χ4v) is 10.0. The molecule has 0 spiro atoms. The number of anilines is 2. The van der Waals surface area contributed by atoms with Gasteiger partial charge in [-0.15, -0.1) is 0 Å². The van der Waals surface area contributed by atoms with Crippen LogP contribution in [-0.4, -0.2) is 0 Å². The topological polar surface area (TPSA) is 41.3 Å². The predicted octanol–water partition coefficient (Wildman–Crippen LogP) is 15.2. The van der Waals surface area contributed by atoms with Crippen LogP contribution in [0.25, 0.3) is 56.0 Å². The minimum absolute atomic E-state index is 0.206. The molecule has 3 heteroatoms. The molecule has 0 amide bonds. The summed E-state index contributed by atoms with van der Waals surface area (Å²) >= 11 is 0. The Morgan fingerprint density at radius 3 is 1.54 bits per heavy atom. The molecule has 0 fully saturated rings. The molecule has 0 aromatic heterocycles. The lowest BCUT2D eigenvalue weighted by molar-refractivity contribution is 0.660. The maximum Gasteiger partial charge on any atom is 0.0782 e. The van der Waals surface area contributed by atoms with Gasteiger partial charge in [-0.2, -0.15) is 0 Å². The van der Waals surface area contributed by atoms with Gasteiger partial charge in [0.2, 0.25) is 0 Å². The van der Waals surface area contributed by atoms with Crippen molar-refractivity contribution in [3.63, 3.8) is 0 Å². The third-order valence-corrected chi connectivity index (χ3v) is 13.3. The normalized spacial score (nSPS) is 14.7. The Morgan fingerprint density at radius 2 is 0.923 bits per heavy atom. The maximum absolute atomic E-state index is 7.45. The first kappa shape index (κ1) is 39.8. The van der Waals surface area contributed by atoms with Gasteiger partial charge in [0.05, 0.1) is 23.1 Å². The fourth-order valence-electron chi connectivity index (χ4n) is 10.0. The van der Waals surface area contributed by atoms with E-state index in [-0.39, 0.29) is 5.41 Å². The molecule has 9 aromatic carbocycles. The molecule has 0 saturated carbocycles. The maximum atomic E-state index is 7.45. The molecule has 0 bridgehead atoms. The van der Waals surface area contributed by atoms with Crippen molar-refractivity contribution in [2.75, 3.05) is 4.90 Å². The fraction of sp³-hybridized carbons (Fsp3) is 0.0645. The lowest BCUT2D eigenvalue weighted by Gasteiger charge is -2.38. The number of hydrogen-bond acceptors (Lipinski definition) is 3. The standard InChI is InChI=1S/C62H49N3/c1-62(2)55-35-21-20-32-51(55)52-37-36-49(41-56(52)62)65(50-39-47(42-22-8-3-9-23-42)38-48(40-50)43-24-10-4-11-25-43)61-54-34-19-18-33-53(54)60(64-59(61)46-30-16-7-17-31-46)57(44-26-12-5-13-27-44)58(63)45-28-14-6-15-29-45/h3-41,58,64H,63H2,1-2H3/b60-57-. The molecule has 1 heterocycles. The van der Waals surface area contributed by atoms with Crippen molar-refractivity contribution < 1.29 is 0 Å². The van der Waals surface area contributed by atoms with Gasteiger partial charge in [-0.05, 0) is 86.0 Å². The van der Waals surface area contributed by atoms with Gasteiger partial charge in [-0.3, -0.25) is 0 Å². The van der Waals surface area contributed by atoms with Crippen LogP contribution in [0.4, 0.5) is 11.4 Å². The molecule has 1 aliphatic heterocycles. The minimum Gasteiger partial charge on any atom is -0.352 e. The van der Waals surface area contributed by atoms with Crippen molar-refractivity contribution in [1.29, 1.82) is 0 Å². The van der Waals surface area contributed by atoms with Gasteiger partial charge in [-0.25, -0.2) is 0 Å². The Hall–Kier alpha value is -7.98. The van der Waals surface area contributed by atoms with E-state index >= 15 is 0 Å². The summed E-state index contributed by atoms with van der Waals surface area (Å²) in [5.41, 5.74) is 28.6. The summed E-state index contributed by atoms with van der Waals surface area (Å²) in [7, 11) is 0. The Bertz CT molecular complexity index is 3180. The largest absolute Gasteiger partial charge is 0.352 e. The van der Waals surface area contributed by atoms with E-state index in [1.165, 1.54) is 22.3 Å². The van der Waals surface area contributed by atoms with Gasteiger partial charge in [-0.1, -0.05) is 220 Å². The number of hydrogen-bond donors (Lipinski definition) is 2. The number of nitrogens with one attached hydrogen (secondary N) is 1. The van der Waals surface area contributed by atoms with Gasteiger partial charge in [0.1, 0.15) is 0 Å². The summed E-state index contributed by atoms with van der Waals surface area (Å²) in [6, 6.07) is 84.8. The van der Waals surface area contributed by atoms with Gasteiger partial charge in [0.25, 0.3) is 0 Å².